The fraction of sp³-hybridized carbons (Fsp3) is 0.318. The topological polar surface area (TPSA) is 102 Å². The maximum atomic E-state index is 12.6. The van der Waals surface area contributed by atoms with E-state index in [-0.39, 0.29) is 11.8 Å². The third kappa shape index (κ3) is 4.05. The van der Waals surface area contributed by atoms with E-state index in [4.69, 9.17) is 5.90 Å². The fourth-order valence-electron chi connectivity index (χ4n) is 3.89. The minimum atomic E-state index is -0.623. The number of aromatic nitrogens is 2. The summed E-state index contributed by atoms with van der Waals surface area (Å²) in [6, 6.07) is 13.1. The van der Waals surface area contributed by atoms with Crippen molar-refractivity contribution >= 4 is 22.8 Å². The number of hydrogen-bond acceptors (Lipinski definition) is 6. The zero-order chi connectivity index (χ0) is 21.1. The third-order valence-corrected chi connectivity index (χ3v) is 5.51. The van der Waals surface area contributed by atoms with Crippen molar-refractivity contribution in [3.05, 3.63) is 59.8 Å². The first-order valence-corrected chi connectivity index (χ1v) is 10.0. The predicted octanol–water partition coefficient (Wildman–Crippen LogP) is 2.01. The van der Waals surface area contributed by atoms with Gasteiger partial charge in [-0.15, -0.1) is 0 Å². The summed E-state index contributed by atoms with van der Waals surface area (Å²) in [4.78, 5) is 30.6. The third-order valence-electron chi connectivity index (χ3n) is 5.51. The molecule has 3 N–H and O–H groups in total. The highest BCUT2D eigenvalue weighted by Crippen LogP contribution is 2.21. The van der Waals surface area contributed by atoms with Crippen molar-refractivity contribution in [2.24, 2.45) is 11.8 Å². The van der Waals surface area contributed by atoms with Gasteiger partial charge in [0.1, 0.15) is 5.52 Å². The van der Waals surface area contributed by atoms with Crippen molar-refractivity contribution in [3.8, 4) is 5.69 Å². The Kier molecular flexibility index (Phi) is 5.78. The predicted molar refractivity (Wildman–Crippen MR) is 113 cm³/mol. The van der Waals surface area contributed by atoms with Crippen LogP contribution in [0.25, 0.3) is 16.6 Å². The van der Waals surface area contributed by atoms with Crippen LogP contribution in [0.4, 0.5) is 0 Å². The number of carbonyl (C=O) groups excluding carboxylic acids is 2. The van der Waals surface area contributed by atoms with E-state index >= 15 is 0 Å². The number of rotatable bonds is 5. The van der Waals surface area contributed by atoms with Crippen LogP contribution in [-0.2, 0) is 16.2 Å². The number of nitrogens with two attached hydrogens (primary N) is 1. The monoisotopic (exact) mass is 407 g/mol. The first-order chi connectivity index (χ1) is 14.6. The van der Waals surface area contributed by atoms with Gasteiger partial charge in [-0.1, -0.05) is 24.3 Å². The average Bonchev–Trinajstić information content (AvgIpc) is 3.23. The van der Waals surface area contributed by atoms with Crippen LogP contribution in [0.3, 0.4) is 0 Å². The van der Waals surface area contributed by atoms with Crippen molar-refractivity contribution in [1.82, 2.24) is 20.0 Å². The smallest absolute Gasteiger partial charge is 0.358 e. The highest BCUT2D eigenvalue weighted by atomic mass is 16.7. The Bertz CT molecular complexity index is 1050. The van der Waals surface area contributed by atoms with E-state index in [1.807, 2.05) is 43.6 Å². The molecule has 0 saturated carbocycles. The highest BCUT2D eigenvalue weighted by molar-refractivity contribution is 6.02. The summed E-state index contributed by atoms with van der Waals surface area (Å²) in [5.74, 6) is 4.65. The maximum absolute atomic E-state index is 12.6. The van der Waals surface area contributed by atoms with Gasteiger partial charge in [-0.3, -0.25) is 4.79 Å². The molecule has 1 fully saturated rings. The Morgan fingerprint density at radius 3 is 2.77 bits per heavy atom. The van der Waals surface area contributed by atoms with Gasteiger partial charge in [0.2, 0.25) is 5.91 Å². The molecule has 2 heterocycles. The lowest BCUT2D eigenvalue weighted by Gasteiger charge is -2.27. The number of nitrogens with one attached hydrogen (secondary N) is 1. The van der Waals surface area contributed by atoms with Crippen molar-refractivity contribution in [2.45, 2.75) is 19.4 Å². The molecule has 2 aromatic carbocycles. The van der Waals surface area contributed by atoms with Gasteiger partial charge in [-0.2, -0.15) is 11.0 Å². The lowest BCUT2D eigenvalue weighted by molar-refractivity contribution is -0.135. The largest absolute Gasteiger partial charge is 0.370 e. The van der Waals surface area contributed by atoms with E-state index in [9.17, 15) is 9.59 Å². The molecule has 156 valence electrons. The molecular weight excluding hydrogens is 382 g/mol. The molecule has 1 aliphatic rings. The number of benzene rings is 2. The number of hydrogen-bond donors (Lipinski definition) is 2. The quantitative estimate of drug-likeness (QED) is 0.628. The molecule has 0 aliphatic carbocycles. The first-order valence-electron chi connectivity index (χ1n) is 10.0. The summed E-state index contributed by atoms with van der Waals surface area (Å²) < 4.78 is 1.71. The van der Waals surface area contributed by atoms with Crippen LogP contribution < -0.4 is 11.2 Å². The zero-order valence-corrected chi connectivity index (χ0v) is 16.9. The summed E-state index contributed by atoms with van der Waals surface area (Å²) in [6.07, 6.45) is 3.84. The van der Waals surface area contributed by atoms with Gasteiger partial charge >= 0.3 is 5.97 Å². The number of fused-ring (bicyclic) bond motifs is 1. The van der Waals surface area contributed by atoms with Gasteiger partial charge in [0.05, 0.1) is 17.2 Å². The molecule has 30 heavy (non-hydrogen) atoms. The van der Waals surface area contributed by atoms with E-state index in [1.165, 1.54) is 0 Å². The Balaban J connectivity index is 1.49. The van der Waals surface area contributed by atoms with Crippen LogP contribution >= 0.6 is 0 Å². The van der Waals surface area contributed by atoms with E-state index < -0.39 is 5.97 Å². The van der Waals surface area contributed by atoms with Crippen LogP contribution in [0.2, 0.25) is 0 Å². The Labute approximate surface area is 174 Å². The summed E-state index contributed by atoms with van der Waals surface area (Å²) in [5, 5.41) is 8.63. The van der Waals surface area contributed by atoms with Gasteiger partial charge in [-0.05, 0) is 43.1 Å². The molecule has 8 nitrogen and oxygen atoms in total. The molecule has 1 aromatic heterocycles. The summed E-state index contributed by atoms with van der Waals surface area (Å²) >= 11 is 0. The second-order valence-corrected chi connectivity index (χ2v) is 7.63. The molecule has 1 saturated heterocycles. The van der Waals surface area contributed by atoms with Gasteiger partial charge in [0.25, 0.3) is 0 Å². The van der Waals surface area contributed by atoms with Gasteiger partial charge < -0.3 is 15.1 Å². The molecule has 4 rings (SSSR count). The number of amides is 1. The second-order valence-electron chi connectivity index (χ2n) is 7.63. The Morgan fingerprint density at radius 1 is 1.27 bits per heavy atom. The van der Waals surface area contributed by atoms with Crippen molar-refractivity contribution in [2.75, 3.05) is 20.1 Å². The normalized spacial score (nSPS) is 16.4. The van der Waals surface area contributed by atoms with Crippen molar-refractivity contribution in [3.63, 3.8) is 0 Å². The molecule has 1 unspecified atom stereocenters. The Morgan fingerprint density at radius 2 is 2.07 bits per heavy atom. The fourth-order valence-corrected chi connectivity index (χ4v) is 3.89. The zero-order valence-electron chi connectivity index (χ0n) is 16.9. The Hall–Kier alpha value is -3.23. The lowest BCUT2D eigenvalue weighted by Crippen LogP contribution is -2.41. The van der Waals surface area contributed by atoms with Gasteiger partial charge in [0, 0.05) is 31.7 Å². The van der Waals surface area contributed by atoms with Crippen LogP contribution in [0.1, 0.15) is 28.8 Å². The van der Waals surface area contributed by atoms with Crippen LogP contribution in [0.5, 0.6) is 0 Å². The first kappa shape index (κ1) is 20.1. The molecule has 1 atom stereocenters. The summed E-state index contributed by atoms with van der Waals surface area (Å²) in [6.45, 7) is 2.31. The minimum Gasteiger partial charge on any atom is -0.370 e. The standard InChI is InChI=1S/C22H25N5O3/c1-26(21(28)16-5-3-11-24-12-16)13-15-7-9-18(10-8-15)27-14-17-4-2-6-19(20(17)25-27)22(29)30-23/h2,4,6-10,14,16,24H,3,5,11-13,23H2,1H3. The highest BCUT2D eigenvalue weighted by Gasteiger charge is 2.23. The molecule has 1 aliphatic heterocycles. The number of nitrogens with zero attached hydrogens (tertiary/aromatic N) is 3. The molecule has 0 spiro atoms. The van der Waals surface area contributed by atoms with Gasteiger partial charge in [0.15, 0.2) is 0 Å². The van der Waals surface area contributed by atoms with E-state index in [0.29, 0.717) is 17.6 Å². The van der Waals surface area contributed by atoms with E-state index in [0.717, 1.165) is 42.6 Å². The van der Waals surface area contributed by atoms with Crippen LogP contribution in [-0.4, -0.2) is 46.7 Å². The van der Waals surface area contributed by atoms with Crippen LogP contribution in [0, 0.1) is 5.92 Å². The van der Waals surface area contributed by atoms with Crippen molar-refractivity contribution in [1.29, 1.82) is 0 Å². The van der Waals surface area contributed by atoms with Crippen molar-refractivity contribution < 1.29 is 14.4 Å². The molecule has 3 aromatic rings. The number of carbonyl (C=O) groups is 2. The molecular formula is C22H25N5O3. The molecule has 0 radical (unpaired) electrons. The molecule has 1 amide bonds. The SMILES string of the molecule is CN(Cc1ccc(-n2cc3cccc(C(=O)ON)c3n2)cc1)C(=O)C1CCCNC1. The molecule has 8 heteroatoms. The minimum absolute atomic E-state index is 0.0638. The van der Waals surface area contributed by atoms with Gasteiger partial charge in [-0.25, -0.2) is 9.48 Å². The van der Waals surface area contributed by atoms with E-state index in [2.05, 4.69) is 15.3 Å². The average molecular weight is 407 g/mol. The lowest BCUT2D eigenvalue weighted by atomic mass is 9.98. The summed E-state index contributed by atoms with van der Waals surface area (Å²) in [7, 11) is 1.85. The number of piperidine rings is 1. The van der Waals surface area contributed by atoms with Crippen LogP contribution in [0.15, 0.2) is 48.7 Å². The van der Waals surface area contributed by atoms with E-state index in [1.54, 1.807) is 21.7 Å². The molecule has 0 bridgehead atoms. The summed E-state index contributed by atoms with van der Waals surface area (Å²) in [5.41, 5.74) is 2.75. The second kappa shape index (κ2) is 8.64. The maximum Gasteiger partial charge on any atom is 0.358 e.